The molecule has 1 aromatic heterocycles. The Morgan fingerprint density at radius 2 is 2.12 bits per heavy atom. The molecule has 11 heteroatoms. The lowest BCUT2D eigenvalue weighted by atomic mass is 10.2. The third-order valence-electron chi connectivity index (χ3n) is 2.93. The first-order valence-electron chi connectivity index (χ1n) is 6.63. The van der Waals surface area contributed by atoms with Gasteiger partial charge < -0.3 is 15.1 Å². The van der Waals surface area contributed by atoms with Crippen LogP contribution in [0.2, 0.25) is 5.02 Å². The van der Waals surface area contributed by atoms with Gasteiger partial charge in [-0.05, 0) is 31.5 Å². The van der Waals surface area contributed by atoms with Crippen LogP contribution in [0.4, 0.5) is 10.1 Å². The number of phosphoric ester groups is 1. The number of nitrogens with one attached hydrogen (secondary N) is 1. The zero-order chi connectivity index (χ0) is 18.1. The number of rotatable bonds is 5. The fourth-order valence-electron chi connectivity index (χ4n) is 1.89. The molecule has 0 fully saturated rings. The summed E-state index contributed by atoms with van der Waals surface area (Å²) in [5, 5.41) is 6.44. The monoisotopic (exact) mass is 377 g/mol. The van der Waals surface area contributed by atoms with Crippen LogP contribution >= 0.6 is 19.4 Å². The second-order valence-electron chi connectivity index (χ2n) is 4.93. The van der Waals surface area contributed by atoms with E-state index in [0.717, 1.165) is 11.6 Å². The smallest absolute Gasteiger partial charge is 0.319 e. The lowest BCUT2D eigenvalue weighted by Crippen LogP contribution is -2.16. The quantitative estimate of drug-likeness (QED) is 0.690. The molecule has 0 saturated heterocycles. The zero-order valence-electron chi connectivity index (χ0n) is 12.6. The maximum atomic E-state index is 13.8. The van der Waals surface area contributed by atoms with E-state index in [1.54, 1.807) is 18.2 Å². The van der Waals surface area contributed by atoms with Gasteiger partial charge in [0.2, 0.25) is 5.95 Å². The summed E-state index contributed by atoms with van der Waals surface area (Å²) in [6.45, 7) is 3.00. The highest BCUT2D eigenvalue weighted by molar-refractivity contribution is 7.46. The molecule has 1 aromatic carbocycles. The second-order valence-corrected chi connectivity index (χ2v) is 6.53. The van der Waals surface area contributed by atoms with Gasteiger partial charge in [0.1, 0.15) is 0 Å². The first-order valence-corrected chi connectivity index (χ1v) is 8.54. The Kier molecular flexibility index (Phi) is 5.42. The van der Waals surface area contributed by atoms with Crippen molar-refractivity contribution in [2.24, 2.45) is 0 Å². The molecule has 1 atom stereocenters. The highest BCUT2D eigenvalue weighted by atomic mass is 35.5. The number of hydrogen-bond donors (Lipinski definition) is 3. The van der Waals surface area contributed by atoms with Gasteiger partial charge in [-0.2, -0.15) is 9.49 Å². The first-order chi connectivity index (χ1) is 11.1. The third-order valence-corrected chi connectivity index (χ3v) is 3.82. The Morgan fingerprint density at radius 1 is 1.46 bits per heavy atom. The number of carbonyl (C=O) groups is 1. The lowest BCUT2D eigenvalue weighted by molar-refractivity contribution is 0.0780. The van der Waals surface area contributed by atoms with E-state index in [4.69, 9.17) is 21.4 Å². The van der Waals surface area contributed by atoms with Crippen molar-refractivity contribution >= 4 is 31.0 Å². The molecule has 0 aliphatic heterocycles. The summed E-state index contributed by atoms with van der Waals surface area (Å²) in [5.41, 5.74) is 0.920. The maximum Gasteiger partial charge on any atom is 0.471 e. The topological polar surface area (TPSA) is 114 Å². The van der Waals surface area contributed by atoms with Crippen LogP contribution in [0, 0.1) is 12.9 Å². The number of aryl methyl sites for hydroxylation is 1. The van der Waals surface area contributed by atoms with E-state index < -0.39 is 25.9 Å². The molecule has 2 aromatic rings. The Morgan fingerprint density at radius 3 is 2.71 bits per heavy atom. The number of halogens is 2. The molecular formula is C13H14ClFN3O5P. The van der Waals surface area contributed by atoms with Crippen LogP contribution in [0.25, 0.3) is 0 Å². The molecule has 0 spiro atoms. The fraction of sp³-hybridized carbons (Fsp3) is 0.231. The fourth-order valence-corrected chi connectivity index (χ4v) is 2.66. The average molecular weight is 378 g/mol. The summed E-state index contributed by atoms with van der Waals surface area (Å²) in [4.78, 5) is 29.6. The van der Waals surface area contributed by atoms with E-state index in [2.05, 4.69) is 14.9 Å². The molecule has 0 aliphatic carbocycles. The van der Waals surface area contributed by atoms with Crippen LogP contribution in [0.1, 0.15) is 29.2 Å². The zero-order valence-corrected chi connectivity index (χ0v) is 14.3. The summed E-state index contributed by atoms with van der Waals surface area (Å²) >= 11 is 6.00. The van der Waals surface area contributed by atoms with E-state index in [1.807, 2.05) is 6.92 Å². The van der Waals surface area contributed by atoms with Crippen LogP contribution in [-0.4, -0.2) is 25.5 Å². The summed E-state index contributed by atoms with van der Waals surface area (Å²) in [6.07, 6.45) is -1.41. The van der Waals surface area contributed by atoms with Gasteiger partial charge in [-0.25, -0.2) is 9.25 Å². The van der Waals surface area contributed by atoms with Crippen LogP contribution in [0.15, 0.2) is 24.3 Å². The number of anilines is 1. The molecular weight excluding hydrogens is 364 g/mol. The molecule has 1 heterocycles. The van der Waals surface area contributed by atoms with Crippen LogP contribution in [0.3, 0.4) is 0 Å². The lowest BCUT2D eigenvalue weighted by Gasteiger charge is -2.14. The molecule has 1 unspecified atom stereocenters. The summed E-state index contributed by atoms with van der Waals surface area (Å²) in [7, 11) is -4.83. The van der Waals surface area contributed by atoms with Crippen molar-refractivity contribution in [3.63, 3.8) is 0 Å². The van der Waals surface area contributed by atoms with E-state index in [0.29, 0.717) is 15.4 Å². The second kappa shape index (κ2) is 7.00. The van der Waals surface area contributed by atoms with Gasteiger partial charge in [0.05, 0.1) is 10.7 Å². The van der Waals surface area contributed by atoms with Crippen molar-refractivity contribution < 1.29 is 28.1 Å². The molecule has 130 valence electrons. The van der Waals surface area contributed by atoms with Crippen LogP contribution in [0.5, 0.6) is 0 Å². The highest BCUT2D eigenvalue weighted by Crippen LogP contribution is 2.40. The van der Waals surface area contributed by atoms with Crippen LogP contribution < -0.4 is 5.32 Å². The van der Waals surface area contributed by atoms with Gasteiger partial charge in [-0.3, -0.25) is 9.32 Å². The molecule has 0 saturated carbocycles. The molecule has 8 nitrogen and oxygen atoms in total. The van der Waals surface area contributed by atoms with Crippen molar-refractivity contribution in [1.82, 2.24) is 9.78 Å². The van der Waals surface area contributed by atoms with E-state index in [9.17, 15) is 13.8 Å². The van der Waals surface area contributed by atoms with Crippen molar-refractivity contribution in [2.45, 2.75) is 20.1 Å². The summed E-state index contributed by atoms with van der Waals surface area (Å²) in [6, 6.07) is 5.78. The third kappa shape index (κ3) is 4.62. The predicted octanol–water partition coefficient (Wildman–Crippen LogP) is 2.86. The Balaban J connectivity index is 2.19. The van der Waals surface area contributed by atoms with Gasteiger partial charge in [0.25, 0.3) is 5.91 Å². The summed E-state index contributed by atoms with van der Waals surface area (Å²) in [5.74, 6) is -1.72. The predicted molar refractivity (Wildman–Crippen MR) is 84.2 cm³/mol. The Labute approximate surface area is 141 Å². The number of benzene rings is 1. The minimum atomic E-state index is -4.83. The van der Waals surface area contributed by atoms with Gasteiger partial charge >= 0.3 is 7.82 Å². The maximum absolute atomic E-state index is 13.8. The van der Waals surface area contributed by atoms with Gasteiger partial charge in [0, 0.05) is 6.07 Å². The van der Waals surface area contributed by atoms with E-state index >= 15 is 0 Å². The van der Waals surface area contributed by atoms with Crippen molar-refractivity contribution in [1.29, 1.82) is 0 Å². The highest BCUT2D eigenvalue weighted by Gasteiger charge is 2.24. The number of nitrogens with zero attached hydrogens (tertiary/aromatic N) is 2. The number of aromatic nitrogens is 2. The normalized spacial score (nSPS) is 12.9. The largest absolute Gasteiger partial charge is 0.471 e. The molecule has 0 aliphatic rings. The van der Waals surface area contributed by atoms with Crippen molar-refractivity contribution in [3.05, 3.63) is 46.5 Å². The minimum Gasteiger partial charge on any atom is -0.319 e. The molecule has 24 heavy (non-hydrogen) atoms. The van der Waals surface area contributed by atoms with Gasteiger partial charge in [-0.1, -0.05) is 17.7 Å². The Hall–Kier alpha value is -1.77. The van der Waals surface area contributed by atoms with E-state index in [-0.39, 0.29) is 5.69 Å². The molecule has 3 N–H and O–H groups in total. The molecule has 0 radical (unpaired) electrons. The average Bonchev–Trinajstić information content (AvgIpc) is 2.82. The summed E-state index contributed by atoms with van der Waals surface area (Å²) < 4.78 is 29.5. The molecule has 0 bridgehead atoms. The number of carbonyl (C=O) groups excluding carboxylic acids is 1. The minimum absolute atomic E-state index is 0.301. The molecule has 2 rings (SSSR count). The number of hydrogen-bond acceptors (Lipinski definition) is 4. The first kappa shape index (κ1) is 18.6. The van der Waals surface area contributed by atoms with Gasteiger partial charge in [-0.15, -0.1) is 0 Å². The number of amides is 1. The number of phosphoric acid groups is 1. The van der Waals surface area contributed by atoms with E-state index in [1.165, 1.54) is 6.92 Å². The Bertz CT molecular complexity index is 822. The SMILES string of the molecule is Cc1ccc(NC(=O)c2cc(F)n(C(C)OP(=O)(O)O)n2)c(Cl)c1. The van der Waals surface area contributed by atoms with Gasteiger partial charge in [0.15, 0.2) is 11.9 Å². The van der Waals surface area contributed by atoms with Crippen molar-refractivity contribution in [3.8, 4) is 0 Å². The standard InChI is InChI=1S/C13H14ClFN3O5P/c1-7-3-4-10(9(14)5-7)16-13(19)11-6-12(15)18(17-11)8(2)23-24(20,21)22/h3-6,8H,1-2H3,(H,16,19)(H2,20,21,22). The molecule has 1 amide bonds. The van der Waals surface area contributed by atoms with Crippen molar-refractivity contribution in [2.75, 3.05) is 5.32 Å². The van der Waals surface area contributed by atoms with Crippen LogP contribution in [-0.2, 0) is 9.09 Å².